The summed E-state index contributed by atoms with van der Waals surface area (Å²) in [4.78, 5) is 11.6. The number of nitrogens with one attached hydrogen (secondary N) is 1. The Morgan fingerprint density at radius 3 is 2.88 bits per heavy atom. The Morgan fingerprint density at radius 2 is 2.35 bits per heavy atom. The van der Waals surface area contributed by atoms with Gasteiger partial charge in [0.1, 0.15) is 5.84 Å². The molecule has 1 aliphatic rings. The molecule has 0 saturated carbocycles. The number of hydrogen-bond donors (Lipinski definition) is 3. The van der Waals surface area contributed by atoms with Crippen LogP contribution in [-0.4, -0.2) is 36.2 Å². The first-order valence-electron chi connectivity index (χ1n) is 5.82. The molecule has 0 aromatic rings. The summed E-state index contributed by atoms with van der Waals surface area (Å²) in [5.74, 6) is 0.0469. The molecule has 17 heavy (non-hydrogen) atoms. The molecule has 1 amide bonds. The van der Waals surface area contributed by atoms with E-state index in [1.54, 1.807) is 13.8 Å². The van der Waals surface area contributed by atoms with Crippen LogP contribution in [-0.2, 0) is 9.53 Å². The van der Waals surface area contributed by atoms with Gasteiger partial charge in [0.25, 0.3) is 0 Å². The summed E-state index contributed by atoms with van der Waals surface area (Å²) in [6, 6.07) is 0. The zero-order chi connectivity index (χ0) is 12.9. The zero-order valence-electron chi connectivity index (χ0n) is 10.4. The van der Waals surface area contributed by atoms with E-state index in [4.69, 9.17) is 15.7 Å². The fraction of sp³-hybridized carbons (Fsp3) is 0.818. The molecular weight excluding hydrogens is 222 g/mol. The van der Waals surface area contributed by atoms with Crippen LogP contribution in [0.4, 0.5) is 0 Å². The van der Waals surface area contributed by atoms with Gasteiger partial charge >= 0.3 is 0 Å². The highest BCUT2D eigenvalue weighted by Gasteiger charge is 2.25. The maximum atomic E-state index is 11.6. The Bertz CT molecular complexity index is 296. The van der Waals surface area contributed by atoms with Crippen LogP contribution in [0, 0.1) is 5.41 Å². The number of rotatable bonds is 5. The summed E-state index contributed by atoms with van der Waals surface area (Å²) in [5.41, 5.74) is 4.97. The fourth-order valence-electron chi connectivity index (χ4n) is 1.63. The highest BCUT2D eigenvalue weighted by molar-refractivity contribution is 5.86. The van der Waals surface area contributed by atoms with Crippen molar-refractivity contribution < 1.29 is 14.7 Å². The molecule has 0 aliphatic carbocycles. The van der Waals surface area contributed by atoms with Crippen molar-refractivity contribution in [1.29, 1.82) is 0 Å². The second-order valence-electron chi connectivity index (χ2n) is 4.99. The number of carbonyl (C=O) groups excluding carboxylic acids is 1. The van der Waals surface area contributed by atoms with Gasteiger partial charge in [0.15, 0.2) is 0 Å². The minimum absolute atomic E-state index is 0.0435. The molecule has 0 spiro atoms. The fourth-order valence-corrected chi connectivity index (χ4v) is 1.63. The van der Waals surface area contributed by atoms with Gasteiger partial charge in [-0.3, -0.25) is 4.79 Å². The smallest absolute Gasteiger partial charge is 0.222 e. The van der Waals surface area contributed by atoms with E-state index in [0.29, 0.717) is 13.0 Å². The van der Waals surface area contributed by atoms with Crippen LogP contribution >= 0.6 is 0 Å². The van der Waals surface area contributed by atoms with Crippen molar-refractivity contribution in [2.75, 3.05) is 13.2 Å². The molecule has 0 radical (unpaired) electrons. The summed E-state index contributed by atoms with van der Waals surface area (Å²) >= 11 is 0. The van der Waals surface area contributed by atoms with Crippen molar-refractivity contribution in [1.82, 2.24) is 5.32 Å². The van der Waals surface area contributed by atoms with Gasteiger partial charge < -0.3 is 21.0 Å². The van der Waals surface area contributed by atoms with Crippen LogP contribution in [0.3, 0.4) is 0 Å². The molecule has 1 saturated heterocycles. The molecule has 4 N–H and O–H groups in total. The van der Waals surface area contributed by atoms with Gasteiger partial charge in [0, 0.05) is 18.6 Å². The van der Waals surface area contributed by atoms with Crippen molar-refractivity contribution in [2.45, 2.75) is 39.2 Å². The average molecular weight is 243 g/mol. The number of amidine groups is 1. The van der Waals surface area contributed by atoms with Gasteiger partial charge in [-0.15, -0.1) is 0 Å². The molecule has 1 fully saturated rings. The van der Waals surface area contributed by atoms with Crippen LogP contribution in [0.5, 0.6) is 0 Å². The molecule has 1 aliphatic heterocycles. The highest BCUT2D eigenvalue weighted by Crippen LogP contribution is 2.16. The van der Waals surface area contributed by atoms with Crippen LogP contribution in [0.15, 0.2) is 5.16 Å². The van der Waals surface area contributed by atoms with E-state index in [0.717, 1.165) is 19.4 Å². The molecule has 98 valence electrons. The topological polar surface area (TPSA) is 96.9 Å². The largest absolute Gasteiger partial charge is 0.409 e. The quantitative estimate of drug-likeness (QED) is 0.282. The van der Waals surface area contributed by atoms with E-state index in [1.807, 2.05) is 0 Å². The minimum Gasteiger partial charge on any atom is -0.409 e. The summed E-state index contributed by atoms with van der Waals surface area (Å²) in [6.45, 7) is 4.69. The number of nitrogens with two attached hydrogens (primary N) is 1. The Labute approximate surface area is 101 Å². The van der Waals surface area contributed by atoms with Gasteiger partial charge in [-0.2, -0.15) is 0 Å². The van der Waals surface area contributed by atoms with Gasteiger partial charge in [0.2, 0.25) is 5.91 Å². The molecule has 1 heterocycles. The second-order valence-corrected chi connectivity index (χ2v) is 4.99. The Hall–Kier alpha value is -1.30. The number of hydrogen-bond acceptors (Lipinski definition) is 4. The van der Waals surface area contributed by atoms with E-state index < -0.39 is 5.41 Å². The molecule has 6 nitrogen and oxygen atoms in total. The van der Waals surface area contributed by atoms with Gasteiger partial charge in [-0.05, 0) is 12.8 Å². The Morgan fingerprint density at radius 1 is 1.65 bits per heavy atom. The van der Waals surface area contributed by atoms with E-state index >= 15 is 0 Å². The lowest BCUT2D eigenvalue weighted by atomic mass is 9.92. The third kappa shape index (κ3) is 4.22. The molecule has 6 heteroatoms. The SMILES string of the molecule is CC(C)(CNC(=O)CC1CCCO1)C(N)=NO. The number of carbonyl (C=O) groups is 1. The summed E-state index contributed by atoms with van der Waals surface area (Å²) in [5, 5.41) is 14.3. The molecule has 0 bridgehead atoms. The van der Waals surface area contributed by atoms with Crippen LogP contribution in [0.2, 0.25) is 0 Å². The maximum Gasteiger partial charge on any atom is 0.222 e. The van der Waals surface area contributed by atoms with Gasteiger partial charge in [-0.25, -0.2) is 0 Å². The van der Waals surface area contributed by atoms with Crippen LogP contribution in [0.25, 0.3) is 0 Å². The van der Waals surface area contributed by atoms with E-state index in [-0.39, 0.29) is 17.8 Å². The van der Waals surface area contributed by atoms with Crippen molar-refractivity contribution in [2.24, 2.45) is 16.3 Å². The minimum atomic E-state index is -0.555. The first-order valence-corrected chi connectivity index (χ1v) is 5.82. The highest BCUT2D eigenvalue weighted by atomic mass is 16.5. The summed E-state index contributed by atoms with van der Waals surface area (Å²) < 4.78 is 5.37. The lowest BCUT2D eigenvalue weighted by Crippen LogP contribution is -2.43. The van der Waals surface area contributed by atoms with Crippen molar-refractivity contribution in [3.8, 4) is 0 Å². The van der Waals surface area contributed by atoms with Crippen LogP contribution in [0.1, 0.15) is 33.1 Å². The summed E-state index contributed by atoms with van der Waals surface area (Å²) in [6.07, 6.45) is 2.39. The van der Waals surface area contributed by atoms with E-state index in [9.17, 15) is 4.79 Å². The lowest BCUT2D eigenvalue weighted by molar-refractivity contribution is -0.123. The standard InChI is InChI=1S/C11H21N3O3/c1-11(2,10(12)14-16)7-13-9(15)6-8-4-3-5-17-8/h8,16H,3-7H2,1-2H3,(H2,12,14)(H,13,15). The second kappa shape index (κ2) is 5.86. The Kier molecular flexibility index (Phi) is 4.74. The third-order valence-electron chi connectivity index (χ3n) is 2.97. The van der Waals surface area contributed by atoms with Crippen molar-refractivity contribution in [3.63, 3.8) is 0 Å². The molecule has 1 unspecified atom stereocenters. The number of ether oxygens (including phenoxy) is 1. The van der Waals surface area contributed by atoms with Crippen molar-refractivity contribution >= 4 is 11.7 Å². The van der Waals surface area contributed by atoms with E-state index in [2.05, 4.69) is 10.5 Å². The predicted octanol–water partition coefficient (Wildman–Crippen LogP) is 0.444. The van der Waals surface area contributed by atoms with E-state index in [1.165, 1.54) is 0 Å². The summed E-state index contributed by atoms with van der Waals surface area (Å²) in [7, 11) is 0. The zero-order valence-corrected chi connectivity index (χ0v) is 10.4. The monoisotopic (exact) mass is 243 g/mol. The number of nitrogens with zero attached hydrogens (tertiary/aromatic N) is 1. The van der Waals surface area contributed by atoms with Gasteiger partial charge in [0.05, 0.1) is 12.5 Å². The normalized spacial score (nSPS) is 21.5. The first-order chi connectivity index (χ1) is 7.95. The molecular formula is C11H21N3O3. The lowest BCUT2D eigenvalue weighted by Gasteiger charge is -2.23. The predicted molar refractivity (Wildman–Crippen MR) is 63.8 cm³/mol. The molecule has 1 rings (SSSR count). The number of amides is 1. The molecule has 1 atom stereocenters. The third-order valence-corrected chi connectivity index (χ3v) is 2.97. The number of oxime groups is 1. The molecule has 0 aromatic heterocycles. The van der Waals surface area contributed by atoms with Gasteiger partial charge in [-0.1, -0.05) is 19.0 Å². The van der Waals surface area contributed by atoms with Crippen LogP contribution < -0.4 is 11.1 Å². The van der Waals surface area contributed by atoms with Crippen molar-refractivity contribution in [3.05, 3.63) is 0 Å². The maximum absolute atomic E-state index is 11.6. The Balaban J connectivity index is 2.32. The average Bonchev–Trinajstić information content (AvgIpc) is 2.78. The first kappa shape index (κ1) is 13.8. The molecule has 0 aromatic carbocycles.